The fourth-order valence-electron chi connectivity index (χ4n) is 3.89. The molecule has 5 heteroatoms. The number of fused-ring (bicyclic) bond motifs is 1. The summed E-state index contributed by atoms with van der Waals surface area (Å²) in [5.41, 5.74) is 6.47. The molecule has 2 heterocycles. The van der Waals surface area contributed by atoms with Gasteiger partial charge in [0.25, 0.3) is 0 Å². The number of urea groups is 1. The van der Waals surface area contributed by atoms with Crippen LogP contribution in [0.3, 0.4) is 0 Å². The topological polar surface area (TPSA) is 59.0 Å². The summed E-state index contributed by atoms with van der Waals surface area (Å²) < 4.78 is 2.13. The van der Waals surface area contributed by atoms with Crippen molar-refractivity contribution < 1.29 is 4.79 Å². The molecule has 2 amide bonds. The van der Waals surface area contributed by atoms with E-state index in [1.54, 1.807) is 6.20 Å². The Morgan fingerprint density at radius 2 is 1.90 bits per heavy atom. The molecule has 0 unspecified atom stereocenters. The van der Waals surface area contributed by atoms with E-state index in [0.717, 1.165) is 22.4 Å². The largest absolute Gasteiger partial charge is 0.350 e. The predicted octanol–water partition coefficient (Wildman–Crippen LogP) is 5.14. The van der Waals surface area contributed by atoms with Gasteiger partial charge in [0.2, 0.25) is 0 Å². The van der Waals surface area contributed by atoms with E-state index in [0.29, 0.717) is 6.54 Å². The number of benzene rings is 2. The molecule has 2 aromatic heterocycles. The molecule has 2 N–H and O–H groups in total. The second-order valence-corrected chi connectivity index (χ2v) is 7.63. The highest BCUT2D eigenvalue weighted by Crippen LogP contribution is 2.31. The third-order valence-electron chi connectivity index (χ3n) is 5.71. The van der Waals surface area contributed by atoms with Crippen LogP contribution in [0.4, 0.5) is 10.5 Å². The molecule has 2 aromatic carbocycles. The quantitative estimate of drug-likeness (QED) is 0.489. The van der Waals surface area contributed by atoms with Crippen LogP contribution in [-0.4, -0.2) is 22.1 Å². The van der Waals surface area contributed by atoms with Crippen molar-refractivity contribution in [2.45, 2.75) is 19.8 Å². The molecule has 4 rings (SSSR count). The van der Waals surface area contributed by atoms with Crippen LogP contribution in [0, 0.1) is 13.8 Å². The first-order valence-electron chi connectivity index (χ1n) is 10.1. The number of hydrogen-bond donors (Lipinski definition) is 2. The van der Waals surface area contributed by atoms with E-state index >= 15 is 0 Å². The maximum Gasteiger partial charge on any atom is 0.319 e. The van der Waals surface area contributed by atoms with Crippen LogP contribution in [0.25, 0.3) is 10.9 Å². The maximum absolute atomic E-state index is 12.7. The number of aryl methyl sites for hydroxylation is 2. The maximum atomic E-state index is 12.7. The van der Waals surface area contributed by atoms with Crippen LogP contribution in [0.1, 0.15) is 28.2 Å². The Hall–Kier alpha value is -3.60. The number of nitrogens with zero attached hydrogens (tertiary/aromatic N) is 2. The number of pyridine rings is 1. The number of carbonyl (C=O) groups excluding carboxylic acids is 1. The minimum absolute atomic E-state index is 0.00541. The zero-order chi connectivity index (χ0) is 21.1. The third-order valence-corrected chi connectivity index (χ3v) is 5.71. The lowest BCUT2D eigenvalue weighted by molar-refractivity contribution is 0.252. The van der Waals surface area contributed by atoms with Gasteiger partial charge in [-0.3, -0.25) is 4.98 Å². The number of anilines is 1. The van der Waals surface area contributed by atoms with E-state index in [-0.39, 0.29) is 11.9 Å². The third kappa shape index (κ3) is 3.92. The molecule has 1 atom stereocenters. The van der Waals surface area contributed by atoms with Crippen molar-refractivity contribution in [2.24, 2.45) is 7.05 Å². The molecule has 0 fully saturated rings. The van der Waals surface area contributed by atoms with Crippen molar-refractivity contribution in [3.05, 3.63) is 95.4 Å². The van der Waals surface area contributed by atoms with Crippen LogP contribution in [0.5, 0.6) is 0 Å². The van der Waals surface area contributed by atoms with E-state index < -0.39 is 0 Å². The van der Waals surface area contributed by atoms with E-state index in [2.05, 4.69) is 44.6 Å². The molecule has 0 saturated carbocycles. The number of carbonyl (C=O) groups is 1. The van der Waals surface area contributed by atoms with Crippen molar-refractivity contribution >= 4 is 22.6 Å². The van der Waals surface area contributed by atoms with Crippen LogP contribution >= 0.6 is 0 Å². The summed E-state index contributed by atoms with van der Waals surface area (Å²) in [6.07, 6.45) is 5.79. The average Bonchev–Trinajstić information content (AvgIpc) is 3.09. The number of aromatic nitrogens is 2. The summed E-state index contributed by atoms with van der Waals surface area (Å²) >= 11 is 0. The highest BCUT2D eigenvalue weighted by molar-refractivity contribution is 5.90. The van der Waals surface area contributed by atoms with Crippen molar-refractivity contribution in [1.29, 1.82) is 0 Å². The second-order valence-electron chi connectivity index (χ2n) is 7.63. The lowest BCUT2D eigenvalue weighted by atomic mass is 9.92. The lowest BCUT2D eigenvalue weighted by Crippen LogP contribution is -2.33. The van der Waals surface area contributed by atoms with Crippen LogP contribution < -0.4 is 10.6 Å². The number of nitrogens with one attached hydrogen (secondary N) is 2. The first-order valence-corrected chi connectivity index (χ1v) is 10.1. The van der Waals surface area contributed by atoms with Gasteiger partial charge in [-0.2, -0.15) is 0 Å². The molecule has 0 spiro atoms. The SMILES string of the molecule is Cc1cccc(NC(=O)NC[C@H](c2cccnc2)c2cn(C)c3ccccc23)c1C. The normalized spacial score (nSPS) is 12.0. The summed E-state index contributed by atoms with van der Waals surface area (Å²) in [4.78, 5) is 17.0. The zero-order valence-electron chi connectivity index (χ0n) is 17.5. The van der Waals surface area contributed by atoms with Crippen LogP contribution in [0.15, 0.2) is 73.2 Å². The van der Waals surface area contributed by atoms with Crippen LogP contribution in [-0.2, 0) is 7.05 Å². The fraction of sp³-hybridized carbons (Fsp3) is 0.200. The van der Waals surface area contributed by atoms with Gasteiger partial charge in [-0.15, -0.1) is 0 Å². The Morgan fingerprint density at radius 1 is 1.07 bits per heavy atom. The van der Waals surface area contributed by atoms with Gasteiger partial charge in [-0.25, -0.2) is 4.79 Å². The Bertz CT molecular complexity index is 1180. The zero-order valence-corrected chi connectivity index (χ0v) is 17.5. The van der Waals surface area contributed by atoms with Gasteiger partial charge in [0.05, 0.1) is 0 Å². The summed E-state index contributed by atoms with van der Waals surface area (Å²) in [7, 11) is 2.05. The first kappa shape index (κ1) is 19.7. The molecule has 30 heavy (non-hydrogen) atoms. The first-order chi connectivity index (χ1) is 14.5. The molecular formula is C25H26N4O. The molecule has 0 bridgehead atoms. The molecule has 4 aromatic rings. The molecule has 0 aliphatic carbocycles. The Morgan fingerprint density at radius 3 is 2.70 bits per heavy atom. The molecule has 0 saturated heterocycles. The van der Waals surface area contributed by atoms with Gasteiger partial charge in [0.15, 0.2) is 0 Å². The number of hydrogen-bond acceptors (Lipinski definition) is 2. The molecule has 5 nitrogen and oxygen atoms in total. The smallest absolute Gasteiger partial charge is 0.319 e. The minimum atomic E-state index is -0.210. The van der Waals surface area contributed by atoms with Crippen LogP contribution in [0.2, 0.25) is 0 Å². The number of para-hydroxylation sites is 1. The molecule has 152 valence electrons. The van der Waals surface area contributed by atoms with Gasteiger partial charge in [0.1, 0.15) is 0 Å². The molecule has 0 aliphatic heterocycles. The van der Waals surface area contributed by atoms with Crippen molar-refractivity contribution in [1.82, 2.24) is 14.9 Å². The summed E-state index contributed by atoms with van der Waals surface area (Å²) in [5, 5.41) is 7.23. The summed E-state index contributed by atoms with van der Waals surface area (Å²) in [6.45, 7) is 4.52. The number of rotatable bonds is 5. The van der Waals surface area contributed by atoms with Gasteiger partial charge in [0, 0.05) is 54.7 Å². The van der Waals surface area contributed by atoms with E-state index in [4.69, 9.17) is 0 Å². The Kier molecular flexibility index (Phi) is 5.53. The molecule has 0 aliphatic rings. The molecule has 0 radical (unpaired) electrons. The molecular weight excluding hydrogens is 372 g/mol. The monoisotopic (exact) mass is 398 g/mol. The minimum Gasteiger partial charge on any atom is -0.350 e. The van der Waals surface area contributed by atoms with Crippen molar-refractivity contribution in [3.63, 3.8) is 0 Å². The Labute approximate surface area is 176 Å². The van der Waals surface area contributed by atoms with Crippen molar-refractivity contribution in [2.75, 3.05) is 11.9 Å². The average molecular weight is 399 g/mol. The van der Waals surface area contributed by atoms with E-state index in [1.165, 1.54) is 16.5 Å². The van der Waals surface area contributed by atoms with E-state index in [9.17, 15) is 4.79 Å². The Balaban J connectivity index is 1.60. The van der Waals surface area contributed by atoms with Gasteiger partial charge in [-0.05, 0) is 54.3 Å². The summed E-state index contributed by atoms with van der Waals surface area (Å²) in [6, 6.07) is 18.0. The highest BCUT2D eigenvalue weighted by Gasteiger charge is 2.20. The fourth-order valence-corrected chi connectivity index (χ4v) is 3.89. The lowest BCUT2D eigenvalue weighted by Gasteiger charge is -2.18. The standard InChI is InChI=1S/C25H26N4O/c1-17-8-6-11-23(18(17)2)28-25(30)27-15-21(19-9-7-13-26-14-19)22-16-29(3)24-12-5-4-10-20(22)24/h4-14,16,21H,15H2,1-3H3,(H2,27,28,30)/t21-/m1/s1. The predicted molar refractivity (Wildman–Crippen MR) is 122 cm³/mol. The van der Waals surface area contributed by atoms with Gasteiger partial charge >= 0.3 is 6.03 Å². The summed E-state index contributed by atoms with van der Waals surface area (Å²) in [5.74, 6) is -0.00541. The van der Waals surface area contributed by atoms with Crippen molar-refractivity contribution in [3.8, 4) is 0 Å². The number of amides is 2. The van der Waals surface area contributed by atoms with E-state index in [1.807, 2.05) is 63.5 Å². The van der Waals surface area contributed by atoms with Gasteiger partial charge in [-0.1, -0.05) is 36.4 Å². The van der Waals surface area contributed by atoms with Gasteiger partial charge < -0.3 is 15.2 Å². The second kappa shape index (κ2) is 8.41. The highest BCUT2D eigenvalue weighted by atomic mass is 16.2.